The van der Waals surface area contributed by atoms with Crippen molar-refractivity contribution in [2.45, 2.75) is 43.2 Å². The first-order chi connectivity index (χ1) is 19.1. The van der Waals surface area contributed by atoms with Gasteiger partial charge in [-0.1, -0.05) is 60.2 Å². The Morgan fingerprint density at radius 2 is 1.85 bits per heavy atom. The molecule has 3 atom stereocenters. The topological polar surface area (TPSA) is 93.1 Å². The fourth-order valence-electron chi connectivity index (χ4n) is 5.57. The number of hydrogen-bond acceptors (Lipinski definition) is 5. The van der Waals surface area contributed by atoms with Crippen LogP contribution in [0.25, 0.3) is 0 Å². The van der Waals surface area contributed by atoms with Crippen molar-refractivity contribution in [3.8, 4) is 5.75 Å². The van der Waals surface area contributed by atoms with E-state index in [9.17, 15) is 18.3 Å². The zero-order chi connectivity index (χ0) is 28.4. The van der Waals surface area contributed by atoms with Crippen molar-refractivity contribution in [3.63, 3.8) is 0 Å². The first-order valence-corrected chi connectivity index (χ1v) is 15.0. The van der Waals surface area contributed by atoms with Gasteiger partial charge in [-0.15, -0.1) is 0 Å². The van der Waals surface area contributed by atoms with Gasteiger partial charge in [0.15, 0.2) is 6.61 Å². The molecule has 0 aliphatic carbocycles. The number of nitrogens with zero attached hydrogens (tertiary/aromatic N) is 1. The van der Waals surface area contributed by atoms with Gasteiger partial charge in [-0.05, 0) is 66.8 Å². The summed E-state index contributed by atoms with van der Waals surface area (Å²) in [7, 11) is -3.84. The number of sulfonamides is 1. The highest BCUT2D eigenvalue weighted by molar-refractivity contribution is 7.89. The van der Waals surface area contributed by atoms with Gasteiger partial charge in [0.25, 0.3) is 0 Å². The van der Waals surface area contributed by atoms with E-state index in [4.69, 9.17) is 21.1 Å². The number of benzene rings is 3. The summed E-state index contributed by atoms with van der Waals surface area (Å²) < 4.78 is 41.2. The standard InChI is InChI=1S/C31H32ClNO6S/c1-20(2)27-15-24(22-7-9-25(32)10-8-22)18-39-31(27)28-16-26(11-12-29(28)38-19-30(34)35)40(36,37)33-14-13-21-5-3-4-6-23(21)17-33/h3-12,16,24,27,31H,1,13-15,17-19H2,2H3,(H,34,35)/t24-,27-,31+/m0/s1. The average molecular weight is 582 g/mol. The average Bonchev–Trinajstić information content (AvgIpc) is 2.95. The fourth-order valence-corrected chi connectivity index (χ4v) is 7.15. The SMILES string of the molecule is C=C(C)[C@@H]1C[C@H](c2ccc(Cl)cc2)CO[C@H]1c1cc(S(=O)(=O)N2CCc3ccccc3C2)ccc1OCC(=O)O. The maximum Gasteiger partial charge on any atom is 0.341 e. The molecular formula is C31H32ClNO6S. The van der Waals surface area contributed by atoms with E-state index in [1.54, 1.807) is 6.07 Å². The zero-order valence-electron chi connectivity index (χ0n) is 22.3. The van der Waals surface area contributed by atoms with Crippen LogP contribution in [0.15, 0.2) is 83.8 Å². The van der Waals surface area contributed by atoms with Crippen LogP contribution in [0.5, 0.6) is 5.75 Å². The number of rotatable bonds is 8. The van der Waals surface area contributed by atoms with Crippen LogP contribution in [0.2, 0.25) is 5.02 Å². The highest BCUT2D eigenvalue weighted by Crippen LogP contribution is 2.46. The maximum absolute atomic E-state index is 13.8. The normalized spacial score (nSPS) is 21.4. The quantitative estimate of drug-likeness (QED) is 0.329. The zero-order valence-corrected chi connectivity index (χ0v) is 23.8. The van der Waals surface area contributed by atoms with E-state index in [1.807, 2.05) is 55.5 Å². The third kappa shape index (κ3) is 5.95. The Morgan fingerprint density at radius 1 is 1.12 bits per heavy atom. The van der Waals surface area contributed by atoms with Crippen LogP contribution in [-0.4, -0.2) is 43.6 Å². The van der Waals surface area contributed by atoms with Crippen molar-refractivity contribution < 1.29 is 27.8 Å². The Hall–Kier alpha value is -3.17. The molecule has 1 fully saturated rings. The molecule has 0 aromatic heterocycles. The summed E-state index contributed by atoms with van der Waals surface area (Å²) in [4.78, 5) is 11.4. The second kappa shape index (κ2) is 11.7. The largest absolute Gasteiger partial charge is 0.482 e. The predicted molar refractivity (Wildman–Crippen MR) is 153 cm³/mol. The summed E-state index contributed by atoms with van der Waals surface area (Å²) in [6.07, 6.45) is 0.805. The first kappa shape index (κ1) is 28.4. The van der Waals surface area contributed by atoms with Crippen molar-refractivity contribution in [3.05, 3.63) is 106 Å². The molecule has 9 heteroatoms. The van der Waals surface area contributed by atoms with Crippen molar-refractivity contribution in [2.75, 3.05) is 19.8 Å². The van der Waals surface area contributed by atoms with Gasteiger partial charge in [-0.3, -0.25) is 0 Å². The molecule has 2 aliphatic rings. The number of carboxylic acid groups (broad SMARTS) is 1. The molecule has 7 nitrogen and oxygen atoms in total. The van der Waals surface area contributed by atoms with Crippen LogP contribution >= 0.6 is 11.6 Å². The third-order valence-electron chi connectivity index (χ3n) is 7.73. The number of halogens is 1. The van der Waals surface area contributed by atoms with E-state index >= 15 is 0 Å². The Bertz CT molecular complexity index is 1520. The minimum Gasteiger partial charge on any atom is -0.482 e. The molecular weight excluding hydrogens is 550 g/mol. The number of hydrogen-bond donors (Lipinski definition) is 1. The lowest BCUT2D eigenvalue weighted by Gasteiger charge is -2.38. The summed E-state index contributed by atoms with van der Waals surface area (Å²) in [6, 6.07) is 20.1. The van der Waals surface area contributed by atoms with E-state index in [-0.39, 0.29) is 22.5 Å². The molecule has 3 aromatic carbocycles. The molecule has 1 N–H and O–H groups in total. The molecule has 1 saturated heterocycles. The number of carboxylic acids is 1. The van der Waals surface area contributed by atoms with Crippen molar-refractivity contribution in [2.24, 2.45) is 5.92 Å². The van der Waals surface area contributed by atoms with Gasteiger partial charge < -0.3 is 14.6 Å². The smallest absolute Gasteiger partial charge is 0.341 e. The Labute approximate surface area is 240 Å². The van der Waals surface area contributed by atoms with Gasteiger partial charge >= 0.3 is 5.97 Å². The molecule has 0 amide bonds. The van der Waals surface area contributed by atoms with E-state index in [2.05, 4.69) is 6.58 Å². The van der Waals surface area contributed by atoms with Gasteiger partial charge in [0.05, 0.1) is 17.6 Å². The lowest BCUT2D eigenvalue weighted by atomic mass is 9.78. The third-order valence-corrected chi connectivity index (χ3v) is 9.82. The summed E-state index contributed by atoms with van der Waals surface area (Å²) >= 11 is 6.08. The van der Waals surface area contributed by atoms with E-state index in [0.717, 1.165) is 28.7 Å². The monoisotopic (exact) mass is 581 g/mol. The fraction of sp³-hybridized carbons (Fsp3) is 0.323. The van der Waals surface area contributed by atoms with E-state index < -0.39 is 28.7 Å². The molecule has 2 aliphatic heterocycles. The number of aliphatic carboxylic acids is 1. The Kier molecular flexibility index (Phi) is 8.33. The van der Waals surface area contributed by atoms with Gasteiger partial charge in [0.2, 0.25) is 10.0 Å². The number of carbonyl (C=O) groups is 1. The predicted octanol–water partition coefficient (Wildman–Crippen LogP) is 5.99. The summed E-state index contributed by atoms with van der Waals surface area (Å²) in [5.41, 5.74) is 4.63. The minimum absolute atomic E-state index is 0.0962. The van der Waals surface area contributed by atoms with Crippen LogP contribution in [0.3, 0.4) is 0 Å². The highest BCUT2D eigenvalue weighted by atomic mass is 35.5. The van der Waals surface area contributed by atoms with Gasteiger partial charge in [-0.2, -0.15) is 4.31 Å². The molecule has 210 valence electrons. The van der Waals surface area contributed by atoms with Crippen LogP contribution in [0, 0.1) is 5.92 Å². The first-order valence-electron chi connectivity index (χ1n) is 13.2. The molecule has 40 heavy (non-hydrogen) atoms. The summed E-state index contributed by atoms with van der Waals surface area (Å²) in [6.45, 7) is 6.64. The number of ether oxygens (including phenoxy) is 2. The highest BCUT2D eigenvalue weighted by Gasteiger charge is 2.37. The van der Waals surface area contributed by atoms with Gasteiger partial charge in [-0.25, -0.2) is 13.2 Å². The lowest BCUT2D eigenvalue weighted by molar-refractivity contribution is -0.139. The van der Waals surface area contributed by atoms with E-state index in [1.165, 1.54) is 16.4 Å². The minimum atomic E-state index is -3.84. The van der Waals surface area contributed by atoms with E-state index in [0.29, 0.717) is 36.7 Å². The molecule has 0 radical (unpaired) electrons. The molecule has 2 heterocycles. The lowest BCUT2D eigenvalue weighted by Crippen LogP contribution is -2.36. The van der Waals surface area contributed by atoms with Crippen molar-refractivity contribution in [1.82, 2.24) is 4.31 Å². The van der Waals surface area contributed by atoms with Crippen LogP contribution in [-0.2, 0) is 32.5 Å². The molecule has 0 saturated carbocycles. The maximum atomic E-state index is 13.8. The molecule has 0 bridgehead atoms. The van der Waals surface area contributed by atoms with Crippen LogP contribution in [0.4, 0.5) is 0 Å². The molecule has 0 spiro atoms. The molecule has 5 rings (SSSR count). The van der Waals surface area contributed by atoms with Crippen LogP contribution < -0.4 is 4.74 Å². The van der Waals surface area contributed by atoms with Crippen molar-refractivity contribution >= 4 is 27.6 Å². The van der Waals surface area contributed by atoms with Gasteiger partial charge in [0.1, 0.15) is 5.75 Å². The van der Waals surface area contributed by atoms with Gasteiger partial charge in [0, 0.05) is 35.5 Å². The molecule has 0 unspecified atom stereocenters. The number of fused-ring (bicyclic) bond motifs is 1. The second-order valence-corrected chi connectivity index (χ2v) is 12.8. The van der Waals surface area contributed by atoms with Crippen molar-refractivity contribution in [1.29, 1.82) is 0 Å². The molecule has 3 aromatic rings. The summed E-state index contributed by atoms with van der Waals surface area (Å²) in [5.74, 6) is -0.898. The second-order valence-electron chi connectivity index (χ2n) is 10.4. The Morgan fingerprint density at radius 3 is 2.55 bits per heavy atom. The summed E-state index contributed by atoms with van der Waals surface area (Å²) in [5, 5.41) is 9.91. The van der Waals surface area contributed by atoms with Crippen LogP contribution in [0.1, 0.15) is 47.6 Å². The Balaban J connectivity index is 1.48.